The van der Waals surface area contributed by atoms with Crippen molar-refractivity contribution < 1.29 is 13.6 Å². The molecule has 110 valence electrons. The normalized spacial score (nSPS) is 12.0. The minimum Gasteiger partial charge on any atom is -0.349 e. The highest BCUT2D eigenvalue weighted by atomic mass is 79.9. The Balaban J connectivity index is 2.05. The number of carbonyl (C=O) groups is 1. The number of carbonyl (C=O) groups excluding carboxylic acids is 1. The van der Waals surface area contributed by atoms with Gasteiger partial charge in [-0.25, -0.2) is 8.78 Å². The molecule has 0 aliphatic rings. The van der Waals surface area contributed by atoms with Crippen LogP contribution in [-0.2, 0) is 6.42 Å². The molecule has 0 saturated carbocycles. The Morgan fingerprint density at radius 1 is 1.19 bits per heavy atom. The number of nitrogens with one attached hydrogen (secondary N) is 1. The van der Waals surface area contributed by atoms with Crippen LogP contribution in [0.2, 0.25) is 0 Å². The highest BCUT2D eigenvalue weighted by Gasteiger charge is 2.15. The average Bonchev–Trinajstić information content (AvgIpc) is 2.43. The van der Waals surface area contributed by atoms with Gasteiger partial charge in [-0.2, -0.15) is 0 Å². The monoisotopic (exact) mass is 353 g/mol. The molecular formula is C16H14BrF2NO. The summed E-state index contributed by atoms with van der Waals surface area (Å²) in [5.74, 6) is -1.47. The number of hydrogen-bond acceptors (Lipinski definition) is 1. The Hall–Kier alpha value is -1.75. The Kier molecular flexibility index (Phi) is 5.07. The van der Waals surface area contributed by atoms with Crippen molar-refractivity contribution in [3.8, 4) is 0 Å². The molecular weight excluding hydrogens is 340 g/mol. The van der Waals surface area contributed by atoms with Crippen LogP contribution in [0.5, 0.6) is 0 Å². The first kappa shape index (κ1) is 15.6. The van der Waals surface area contributed by atoms with Crippen molar-refractivity contribution >= 4 is 21.8 Å². The van der Waals surface area contributed by atoms with Crippen LogP contribution in [0.3, 0.4) is 0 Å². The van der Waals surface area contributed by atoms with E-state index in [1.165, 1.54) is 18.2 Å². The van der Waals surface area contributed by atoms with Crippen molar-refractivity contribution in [3.63, 3.8) is 0 Å². The molecule has 0 fully saturated rings. The summed E-state index contributed by atoms with van der Waals surface area (Å²) >= 11 is 3.29. The Labute approximate surface area is 130 Å². The smallest absolute Gasteiger partial charge is 0.251 e. The molecule has 2 aromatic rings. The molecule has 0 heterocycles. The number of hydrogen-bond donors (Lipinski definition) is 1. The van der Waals surface area contributed by atoms with Crippen molar-refractivity contribution in [1.82, 2.24) is 5.32 Å². The van der Waals surface area contributed by atoms with Gasteiger partial charge in [0, 0.05) is 21.6 Å². The standard InChI is InChI=1S/C16H14BrF2NO/c1-10(8-13-14(18)6-3-7-15(13)19)20-16(21)11-4-2-5-12(17)9-11/h2-7,9-10H,8H2,1H3,(H,20,21). The molecule has 0 aliphatic carbocycles. The zero-order valence-corrected chi connectivity index (χ0v) is 13.0. The van der Waals surface area contributed by atoms with E-state index in [2.05, 4.69) is 21.2 Å². The first-order valence-electron chi connectivity index (χ1n) is 6.46. The second kappa shape index (κ2) is 6.80. The van der Waals surface area contributed by atoms with Crippen LogP contribution in [0.1, 0.15) is 22.8 Å². The quantitative estimate of drug-likeness (QED) is 0.881. The van der Waals surface area contributed by atoms with Gasteiger partial charge in [0.1, 0.15) is 11.6 Å². The lowest BCUT2D eigenvalue weighted by molar-refractivity contribution is 0.0939. The maximum Gasteiger partial charge on any atom is 0.251 e. The molecule has 1 unspecified atom stereocenters. The van der Waals surface area contributed by atoms with Crippen molar-refractivity contribution in [3.05, 3.63) is 69.7 Å². The van der Waals surface area contributed by atoms with Gasteiger partial charge in [-0.05, 0) is 43.7 Å². The lowest BCUT2D eigenvalue weighted by atomic mass is 10.1. The molecule has 2 rings (SSSR count). The Morgan fingerprint density at radius 2 is 1.81 bits per heavy atom. The summed E-state index contributed by atoms with van der Waals surface area (Å²) in [6.07, 6.45) is 0.0955. The topological polar surface area (TPSA) is 29.1 Å². The molecule has 1 amide bonds. The minimum atomic E-state index is -0.599. The van der Waals surface area contributed by atoms with Crippen molar-refractivity contribution in [2.24, 2.45) is 0 Å². The van der Waals surface area contributed by atoms with Gasteiger partial charge in [-0.1, -0.05) is 28.1 Å². The lowest BCUT2D eigenvalue weighted by Crippen LogP contribution is -2.34. The van der Waals surface area contributed by atoms with Crippen molar-refractivity contribution in [2.45, 2.75) is 19.4 Å². The van der Waals surface area contributed by atoms with E-state index in [1.54, 1.807) is 25.1 Å². The molecule has 2 nitrogen and oxygen atoms in total. The number of halogens is 3. The minimum absolute atomic E-state index is 0.0143. The predicted octanol–water partition coefficient (Wildman–Crippen LogP) is 4.09. The summed E-state index contributed by atoms with van der Waals surface area (Å²) < 4.78 is 27.9. The Bertz CT molecular complexity index is 640. The van der Waals surface area contributed by atoms with Gasteiger partial charge in [0.15, 0.2) is 0 Å². The van der Waals surface area contributed by atoms with Crippen LogP contribution in [-0.4, -0.2) is 11.9 Å². The lowest BCUT2D eigenvalue weighted by Gasteiger charge is -2.15. The summed E-state index contributed by atoms with van der Waals surface area (Å²) in [7, 11) is 0. The second-order valence-corrected chi connectivity index (χ2v) is 5.70. The fraction of sp³-hybridized carbons (Fsp3) is 0.188. The molecule has 0 saturated heterocycles. The van der Waals surface area contributed by atoms with Crippen LogP contribution in [0.15, 0.2) is 46.9 Å². The largest absolute Gasteiger partial charge is 0.349 e. The molecule has 1 N–H and O–H groups in total. The SMILES string of the molecule is CC(Cc1c(F)cccc1F)NC(=O)c1cccc(Br)c1. The van der Waals surface area contributed by atoms with Gasteiger partial charge in [0.25, 0.3) is 5.91 Å². The Morgan fingerprint density at radius 3 is 2.43 bits per heavy atom. The van der Waals surface area contributed by atoms with E-state index in [4.69, 9.17) is 0 Å². The molecule has 0 radical (unpaired) electrons. The summed E-state index contributed by atoms with van der Waals surface area (Å²) in [4.78, 5) is 12.0. The zero-order chi connectivity index (χ0) is 15.4. The van der Waals surface area contributed by atoms with E-state index in [0.29, 0.717) is 5.56 Å². The van der Waals surface area contributed by atoms with E-state index >= 15 is 0 Å². The van der Waals surface area contributed by atoms with Crippen LogP contribution < -0.4 is 5.32 Å². The molecule has 1 atom stereocenters. The number of amides is 1. The van der Waals surface area contributed by atoms with Gasteiger partial charge in [-0.3, -0.25) is 4.79 Å². The van der Waals surface area contributed by atoms with E-state index in [-0.39, 0.29) is 23.9 Å². The third-order valence-electron chi connectivity index (χ3n) is 3.04. The van der Waals surface area contributed by atoms with Crippen molar-refractivity contribution in [2.75, 3.05) is 0 Å². The van der Waals surface area contributed by atoms with Crippen LogP contribution in [0.25, 0.3) is 0 Å². The molecule has 0 bridgehead atoms. The second-order valence-electron chi connectivity index (χ2n) is 4.79. The van der Waals surface area contributed by atoms with Crippen LogP contribution in [0.4, 0.5) is 8.78 Å². The molecule has 0 aliphatic heterocycles. The van der Waals surface area contributed by atoms with Gasteiger partial charge >= 0.3 is 0 Å². The summed E-state index contributed by atoms with van der Waals surface area (Å²) in [6.45, 7) is 1.71. The fourth-order valence-corrected chi connectivity index (χ4v) is 2.42. The first-order valence-corrected chi connectivity index (χ1v) is 7.26. The van der Waals surface area contributed by atoms with Crippen LogP contribution in [0, 0.1) is 11.6 Å². The highest BCUT2D eigenvalue weighted by Crippen LogP contribution is 2.15. The number of rotatable bonds is 4. The molecule has 0 aromatic heterocycles. The number of benzene rings is 2. The molecule has 5 heteroatoms. The maximum atomic E-state index is 13.6. The molecule has 21 heavy (non-hydrogen) atoms. The van der Waals surface area contributed by atoms with Crippen LogP contribution >= 0.6 is 15.9 Å². The first-order chi connectivity index (χ1) is 9.97. The van der Waals surface area contributed by atoms with E-state index in [0.717, 1.165) is 4.47 Å². The van der Waals surface area contributed by atoms with Crippen molar-refractivity contribution in [1.29, 1.82) is 0 Å². The molecule has 0 spiro atoms. The summed E-state index contributed by atoms with van der Waals surface area (Å²) in [5.41, 5.74) is 0.477. The average molecular weight is 354 g/mol. The van der Waals surface area contributed by atoms with Gasteiger partial charge < -0.3 is 5.32 Å². The highest BCUT2D eigenvalue weighted by molar-refractivity contribution is 9.10. The third kappa shape index (κ3) is 4.11. The summed E-state index contributed by atoms with van der Waals surface area (Å²) in [6, 6.07) is 10.3. The zero-order valence-electron chi connectivity index (χ0n) is 11.4. The summed E-state index contributed by atoms with van der Waals surface area (Å²) in [5, 5.41) is 2.73. The predicted molar refractivity (Wildman–Crippen MR) is 81.1 cm³/mol. The van der Waals surface area contributed by atoms with E-state index < -0.39 is 11.6 Å². The van der Waals surface area contributed by atoms with E-state index in [9.17, 15) is 13.6 Å². The van der Waals surface area contributed by atoms with Gasteiger partial charge in [0.05, 0.1) is 0 Å². The van der Waals surface area contributed by atoms with Gasteiger partial charge in [-0.15, -0.1) is 0 Å². The molecule has 2 aromatic carbocycles. The van der Waals surface area contributed by atoms with E-state index in [1.807, 2.05) is 6.07 Å². The maximum absolute atomic E-state index is 13.6. The van der Waals surface area contributed by atoms with Gasteiger partial charge in [0.2, 0.25) is 0 Å². The third-order valence-corrected chi connectivity index (χ3v) is 3.53. The fourth-order valence-electron chi connectivity index (χ4n) is 2.02.